The van der Waals surface area contributed by atoms with Crippen molar-refractivity contribution in [1.82, 2.24) is 15.1 Å². The third-order valence-electron chi connectivity index (χ3n) is 7.41. The molecule has 0 bridgehead atoms. The van der Waals surface area contributed by atoms with Gasteiger partial charge < -0.3 is 10.1 Å². The number of nitrogens with one attached hydrogen (secondary N) is 1. The largest absolute Gasteiger partial charge is 0.373 e. The first-order chi connectivity index (χ1) is 14.5. The topological polar surface area (TPSA) is 44.8 Å². The van der Waals surface area contributed by atoms with E-state index in [0.29, 0.717) is 18.8 Å². The van der Waals surface area contributed by atoms with E-state index >= 15 is 0 Å². The van der Waals surface area contributed by atoms with E-state index in [9.17, 15) is 4.79 Å². The van der Waals surface area contributed by atoms with Crippen LogP contribution in [0.4, 0.5) is 0 Å². The average molecular weight is 414 g/mol. The van der Waals surface area contributed by atoms with Gasteiger partial charge in [0, 0.05) is 31.6 Å². The van der Waals surface area contributed by atoms with Crippen LogP contribution in [0.15, 0.2) is 30.3 Å². The maximum atomic E-state index is 12.6. The molecular weight excluding hydrogens is 374 g/mol. The van der Waals surface area contributed by atoms with E-state index in [-0.39, 0.29) is 11.3 Å². The van der Waals surface area contributed by atoms with Gasteiger partial charge >= 0.3 is 0 Å². The van der Waals surface area contributed by atoms with Gasteiger partial charge in [0.1, 0.15) is 0 Å². The number of ether oxygens (including phenoxy) is 1. The Kier molecular flexibility index (Phi) is 7.12. The van der Waals surface area contributed by atoms with E-state index < -0.39 is 0 Å². The molecule has 1 aromatic rings. The average Bonchev–Trinajstić information content (AvgIpc) is 2.69. The van der Waals surface area contributed by atoms with Crippen molar-refractivity contribution >= 4 is 5.91 Å². The van der Waals surface area contributed by atoms with Gasteiger partial charge in [-0.25, -0.2) is 0 Å². The van der Waals surface area contributed by atoms with Crippen molar-refractivity contribution in [2.45, 2.75) is 63.6 Å². The van der Waals surface area contributed by atoms with Crippen molar-refractivity contribution in [2.75, 3.05) is 45.8 Å². The number of rotatable bonds is 7. The van der Waals surface area contributed by atoms with E-state index in [1.807, 2.05) is 0 Å². The zero-order valence-corrected chi connectivity index (χ0v) is 18.8. The van der Waals surface area contributed by atoms with Gasteiger partial charge in [-0.2, -0.15) is 0 Å². The smallest absolute Gasteiger partial charge is 0.234 e. The lowest BCUT2D eigenvalue weighted by atomic mass is 9.64. The lowest BCUT2D eigenvalue weighted by molar-refractivity contribution is -0.123. The fraction of sp³-hybridized carbons (Fsp3) is 0.720. The van der Waals surface area contributed by atoms with Crippen LogP contribution in [0.2, 0.25) is 0 Å². The third-order valence-corrected chi connectivity index (χ3v) is 7.41. The molecule has 2 heterocycles. The molecule has 1 amide bonds. The SMILES string of the molecule is CC1CN(CC2CCN(CC(=O)NCC3(c4ccccc4)CCC3)CC2)CC(C)O1. The molecule has 5 heteroatoms. The minimum absolute atomic E-state index is 0.163. The van der Waals surface area contributed by atoms with Crippen molar-refractivity contribution in [3.05, 3.63) is 35.9 Å². The van der Waals surface area contributed by atoms with Crippen LogP contribution in [0.5, 0.6) is 0 Å². The van der Waals surface area contributed by atoms with Gasteiger partial charge in [0.2, 0.25) is 5.91 Å². The zero-order valence-electron chi connectivity index (χ0n) is 18.8. The summed E-state index contributed by atoms with van der Waals surface area (Å²) in [6.45, 7) is 11.0. The van der Waals surface area contributed by atoms with Crippen LogP contribution in [0.25, 0.3) is 0 Å². The maximum absolute atomic E-state index is 12.6. The summed E-state index contributed by atoms with van der Waals surface area (Å²) in [6.07, 6.45) is 6.70. The highest BCUT2D eigenvalue weighted by Crippen LogP contribution is 2.43. The number of carbonyl (C=O) groups excluding carboxylic acids is 1. The minimum Gasteiger partial charge on any atom is -0.373 e. The molecule has 1 saturated carbocycles. The molecule has 2 aliphatic heterocycles. The molecule has 30 heavy (non-hydrogen) atoms. The van der Waals surface area contributed by atoms with Gasteiger partial charge in [-0.3, -0.25) is 14.6 Å². The Bertz CT molecular complexity index is 673. The fourth-order valence-corrected chi connectivity index (χ4v) is 5.62. The molecule has 3 fully saturated rings. The molecule has 2 atom stereocenters. The van der Waals surface area contributed by atoms with Crippen molar-refractivity contribution < 1.29 is 9.53 Å². The molecule has 1 aromatic carbocycles. The second kappa shape index (κ2) is 9.80. The summed E-state index contributed by atoms with van der Waals surface area (Å²) >= 11 is 0. The van der Waals surface area contributed by atoms with E-state index in [2.05, 4.69) is 59.3 Å². The van der Waals surface area contributed by atoms with Crippen LogP contribution in [0.1, 0.15) is 51.5 Å². The van der Waals surface area contributed by atoms with E-state index in [1.165, 1.54) is 44.2 Å². The molecule has 2 unspecified atom stereocenters. The Balaban J connectivity index is 1.18. The first-order valence-electron chi connectivity index (χ1n) is 11.9. The number of likely N-dealkylation sites (tertiary alicyclic amines) is 1. The first kappa shape index (κ1) is 21.8. The Morgan fingerprint density at radius 1 is 1.07 bits per heavy atom. The van der Waals surface area contributed by atoms with Crippen LogP contribution in [-0.2, 0) is 14.9 Å². The maximum Gasteiger partial charge on any atom is 0.234 e. The summed E-state index contributed by atoms with van der Waals surface area (Å²) in [5.41, 5.74) is 1.54. The number of benzene rings is 1. The molecule has 1 aliphatic carbocycles. The molecular formula is C25H39N3O2. The van der Waals surface area contributed by atoms with E-state index in [1.54, 1.807) is 0 Å². The molecule has 4 rings (SSSR count). The minimum atomic E-state index is 0.163. The Labute approximate surface area is 182 Å². The summed E-state index contributed by atoms with van der Waals surface area (Å²) in [4.78, 5) is 17.5. The summed E-state index contributed by atoms with van der Waals surface area (Å²) < 4.78 is 5.86. The molecule has 1 N–H and O–H groups in total. The van der Waals surface area contributed by atoms with Gasteiger partial charge in [-0.05, 0) is 64.1 Å². The molecule has 5 nitrogen and oxygen atoms in total. The van der Waals surface area contributed by atoms with Crippen molar-refractivity contribution in [3.63, 3.8) is 0 Å². The third kappa shape index (κ3) is 5.43. The molecule has 0 aromatic heterocycles. The highest BCUT2D eigenvalue weighted by Gasteiger charge is 2.38. The Hall–Kier alpha value is -1.43. The molecule has 3 aliphatic rings. The van der Waals surface area contributed by atoms with Gasteiger partial charge in [-0.1, -0.05) is 36.8 Å². The number of amides is 1. The van der Waals surface area contributed by atoms with Crippen LogP contribution >= 0.6 is 0 Å². The van der Waals surface area contributed by atoms with Gasteiger partial charge in [0.05, 0.1) is 18.8 Å². The quantitative estimate of drug-likeness (QED) is 0.746. The molecule has 0 radical (unpaired) electrons. The van der Waals surface area contributed by atoms with Crippen molar-refractivity contribution in [1.29, 1.82) is 0 Å². The van der Waals surface area contributed by atoms with E-state index in [0.717, 1.165) is 38.6 Å². The predicted molar refractivity (Wildman–Crippen MR) is 121 cm³/mol. The highest BCUT2D eigenvalue weighted by atomic mass is 16.5. The molecule has 0 spiro atoms. The van der Waals surface area contributed by atoms with Gasteiger partial charge in [-0.15, -0.1) is 0 Å². The summed E-state index contributed by atoms with van der Waals surface area (Å²) in [7, 11) is 0. The number of piperidine rings is 1. The lowest BCUT2D eigenvalue weighted by Gasteiger charge is -2.43. The number of hydrogen-bond acceptors (Lipinski definition) is 4. The number of hydrogen-bond donors (Lipinski definition) is 1. The van der Waals surface area contributed by atoms with Crippen LogP contribution < -0.4 is 5.32 Å². The van der Waals surface area contributed by atoms with Crippen molar-refractivity contribution in [3.8, 4) is 0 Å². The first-order valence-corrected chi connectivity index (χ1v) is 11.9. The number of carbonyl (C=O) groups is 1. The van der Waals surface area contributed by atoms with Crippen molar-refractivity contribution in [2.24, 2.45) is 5.92 Å². The lowest BCUT2D eigenvalue weighted by Crippen LogP contribution is -2.50. The highest BCUT2D eigenvalue weighted by molar-refractivity contribution is 5.78. The monoisotopic (exact) mass is 413 g/mol. The molecule has 166 valence electrons. The standard InChI is InChI=1S/C25H39N3O2/c1-20-15-28(16-21(2)30-20)17-22-9-13-27(14-10-22)18-24(29)26-19-25(11-6-12-25)23-7-4-3-5-8-23/h3-5,7-8,20-22H,6,9-19H2,1-2H3,(H,26,29). The summed E-state index contributed by atoms with van der Waals surface area (Å²) in [6, 6.07) is 10.7. The number of nitrogens with zero attached hydrogens (tertiary/aromatic N) is 2. The predicted octanol–water partition coefficient (Wildman–Crippen LogP) is 3.05. The molecule has 2 saturated heterocycles. The Morgan fingerprint density at radius 3 is 2.33 bits per heavy atom. The summed E-state index contributed by atoms with van der Waals surface area (Å²) in [5.74, 6) is 0.935. The van der Waals surface area contributed by atoms with Gasteiger partial charge in [0.25, 0.3) is 0 Å². The normalized spacial score (nSPS) is 28.1. The van der Waals surface area contributed by atoms with Crippen LogP contribution in [0.3, 0.4) is 0 Å². The Morgan fingerprint density at radius 2 is 1.73 bits per heavy atom. The van der Waals surface area contributed by atoms with E-state index in [4.69, 9.17) is 4.74 Å². The second-order valence-corrected chi connectivity index (χ2v) is 9.97. The number of morpholine rings is 1. The van der Waals surface area contributed by atoms with Gasteiger partial charge in [0.15, 0.2) is 0 Å². The summed E-state index contributed by atoms with van der Waals surface area (Å²) in [5, 5.41) is 3.26. The van der Waals surface area contributed by atoms with Crippen LogP contribution in [-0.4, -0.2) is 73.7 Å². The zero-order chi connectivity index (χ0) is 21.0. The fourth-order valence-electron chi connectivity index (χ4n) is 5.62. The van der Waals surface area contributed by atoms with Crippen LogP contribution in [0, 0.1) is 5.92 Å². The second-order valence-electron chi connectivity index (χ2n) is 9.97.